The molecule has 0 amide bonds. The molecule has 1 unspecified atom stereocenters. The van der Waals surface area contributed by atoms with Crippen molar-refractivity contribution in [3.63, 3.8) is 0 Å². The fraction of sp³-hybridized carbons (Fsp3) is 0.688. The van der Waals surface area contributed by atoms with Gasteiger partial charge in [0.25, 0.3) is 0 Å². The Morgan fingerprint density at radius 3 is 2.87 bits per heavy atom. The normalized spacial score (nSPS) is 27.3. The lowest BCUT2D eigenvalue weighted by molar-refractivity contribution is 0.0380. The second-order valence-corrected chi connectivity index (χ2v) is 10.6. The summed E-state index contributed by atoms with van der Waals surface area (Å²) in [7, 11) is -3.00. The summed E-state index contributed by atoms with van der Waals surface area (Å²) in [4.78, 5) is 4.46. The molecule has 1 aliphatic carbocycles. The highest BCUT2D eigenvalue weighted by molar-refractivity contribution is 8.01. The number of pyridine rings is 1. The van der Waals surface area contributed by atoms with E-state index in [9.17, 15) is 8.42 Å². The van der Waals surface area contributed by atoms with E-state index in [1.54, 1.807) is 4.31 Å². The van der Waals surface area contributed by atoms with Gasteiger partial charge in [-0.05, 0) is 38.3 Å². The van der Waals surface area contributed by atoms with Crippen molar-refractivity contribution in [2.24, 2.45) is 0 Å². The van der Waals surface area contributed by atoms with Crippen LogP contribution < -0.4 is 0 Å². The van der Waals surface area contributed by atoms with Gasteiger partial charge in [0, 0.05) is 29.3 Å². The van der Waals surface area contributed by atoms with Crippen LogP contribution in [0.5, 0.6) is 0 Å². The van der Waals surface area contributed by atoms with Crippen LogP contribution in [0.15, 0.2) is 18.2 Å². The zero-order valence-electron chi connectivity index (χ0n) is 13.3. The molecule has 4 rings (SSSR count). The molecule has 23 heavy (non-hydrogen) atoms. The molecule has 1 atom stereocenters. The van der Waals surface area contributed by atoms with E-state index in [0.717, 1.165) is 36.4 Å². The van der Waals surface area contributed by atoms with Gasteiger partial charge in [-0.1, -0.05) is 6.07 Å². The molecule has 3 heterocycles. The molecule has 2 saturated heterocycles. The molecule has 3 fully saturated rings. The van der Waals surface area contributed by atoms with Crippen LogP contribution in [0.3, 0.4) is 0 Å². The fourth-order valence-electron chi connectivity index (χ4n) is 3.37. The maximum Gasteiger partial charge on any atom is 0.217 e. The second kappa shape index (κ2) is 5.72. The maximum absolute atomic E-state index is 12.2. The lowest BCUT2D eigenvalue weighted by atomic mass is 9.95. The third-order valence-corrected chi connectivity index (χ3v) is 8.69. The van der Waals surface area contributed by atoms with E-state index in [2.05, 4.69) is 4.98 Å². The molecule has 1 spiro atoms. The Balaban J connectivity index is 1.29. The SMILES string of the molecule is Cc1cccc(COC2CSC3(C2)CN(S(=O)(=O)C2CC2)C3)n1. The van der Waals surface area contributed by atoms with Gasteiger partial charge < -0.3 is 4.74 Å². The topological polar surface area (TPSA) is 59.5 Å². The Bertz CT molecular complexity index is 697. The quantitative estimate of drug-likeness (QED) is 0.809. The van der Waals surface area contributed by atoms with Crippen LogP contribution in [0.25, 0.3) is 0 Å². The average molecular weight is 354 g/mol. The number of rotatable bonds is 5. The minimum Gasteiger partial charge on any atom is -0.371 e. The summed E-state index contributed by atoms with van der Waals surface area (Å²) in [6, 6.07) is 5.96. The predicted molar refractivity (Wildman–Crippen MR) is 90.9 cm³/mol. The van der Waals surface area contributed by atoms with Crippen molar-refractivity contribution in [3.8, 4) is 0 Å². The number of hydrogen-bond acceptors (Lipinski definition) is 5. The number of ether oxygens (including phenoxy) is 1. The molecule has 0 N–H and O–H groups in total. The zero-order chi connectivity index (χ0) is 16.1. The Hall–Kier alpha value is -0.630. The largest absolute Gasteiger partial charge is 0.371 e. The highest BCUT2D eigenvalue weighted by Crippen LogP contribution is 2.48. The maximum atomic E-state index is 12.2. The number of aromatic nitrogens is 1. The van der Waals surface area contributed by atoms with Gasteiger partial charge in [0.2, 0.25) is 10.0 Å². The minimum absolute atomic E-state index is 0.0899. The highest BCUT2D eigenvalue weighted by Gasteiger charge is 2.55. The first-order chi connectivity index (χ1) is 11.0. The molecular formula is C16H22N2O3S2. The van der Waals surface area contributed by atoms with E-state index in [1.807, 2.05) is 36.9 Å². The van der Waals surface area contributed by atoms with E-state index < -0.39 is 10.0 Å². The Labute approximate surface area is 141 Å². The highest BCUT2D eigenvalue weighted by atomic mass is 32.2. The van der Waals surface area contributed by atoms with Crippen molar-refractivity contribution in [3.05, 3.63) is 29.6 Å². The molecule has 1 aromatic rings. The van der Waals surface area contributed by atoms with Gasteiger partial charge >= 0.3 is 0 Å². The van der Waals surface area contributed by atoms with Gasteiger partial charge in [-0.3, -0.25) is 4.98 Å². The Morgan fingerprint density at radius 1 is 1.39 bits per heavy atom. The van der Waals surface area contributed by atoms with Crippen LogP contribution in [-0.2, 0) is 21.4 Å². The summed E-state index contributed by atoms with van der Waals surface area (Å²) in [5.41, 5.74) is 1.96. The first-order valence-electron chi connectivity index (χ1n) is 8.14. The van der Waals surface area contributed by atoms with Gasteiger partial charge in [-0.15, -0.1) is 11.8 Å². The van der Waals surface area contributed by atoms with Crippen LogP contribution in [-0.4, -0.2) is 52.7 Å². The number of nitrogens with zero attached hydrogens (tertiary/aromatic N) is 2. The molecule has 1 aromatic heterocycles. The van der Waals surface area contributed by atoms with Crippen molar-refractivity contribution >= 4 is 21.8 Å². The molecule has 3 aliphatic rings. The summed E-state index contributed by atoms with van der Waals surface area (Å²) >= 11 is 1.88. The van der Waals surface area contributed by atoms with Gasteiger partial charge in [0.05, 0.1) is 23.7 Å². The fourth-order valence-corrected chi connectivity index (χ4v) is 7.09. The molecule has 0 bridgehead atoms. The van der Waals surface area contributed by atoms with Crippen molar-refractivity contribution < 1.29 is 13.2 Å². The lowest BCUT2D eigenvalue weighted by Gasteiger charge is -2.46. The van der Waals surface area contributed by atoms with Gasteiger partial charge in [-0.2, -0.15) is 4.31 Å². The molecule has 1 saturated carbocycles. The third-order valence-electron chi connectivity index (χ3n) is 4.82. The summed E-state index contributed by atoms with van der Waals surface area (Å²) in [5.74, 6) is 0.948. The molecule has 0 aromatic carbocycles. The van der Waals surface area contributed by atoms with E-state index in [-0.39, 0.29) is 16.1 Å². The van der Waals surface area contributed by atoms with Gasteiger partial charge in [0.15, 0.2) is 0 Å². The number of hydrogen-bond donors (Lipinski definition) is 0. The molecular weight excluding hydrogens is 332 g/mol. The number of aryl methyl sites for hydroxylation is 1. The van der Waals surface area contributed by atoms with Crippen LogP contribution in [0.2, 0.25) is 0 Å². The van der Waals surface area contributed by atoms with E-state index in [4.69, 9.17) is 4.74 Å². The Morgan fingerprint density at radius 2 is 2.17 bits per heavy atom. The van der Waals surface area contributed by atoms with Crippen LogP contribution in [0, 0.1) is 6.92 Å². The molecule has 2 aliphatic heterocycles. The summed E-state index contributed by atoms with van der Waals surface area (Å²) in [5, 5.41) is -0.0919. The monoisotopic (exact) mass is 354 g/mol. The van der Waals surface area contributed by atoms with Crippen LogP contribution >= 0.6 is 11.8 Å². The Kier molecular flexibility index (Phi) is 3.95. The predicted octanol–water partition coefficient (Wildman–Crippen LogP) is 1.96. The van der Waals surface area contributed by atoms with E-state index in [0.29, 0.717) is 19.7 Å². The first-order valence-corrected chi connectivity index (χ1v) is 10.6. The second-order valence-electron chi connectivity index (χ2n) is 6.91. The van der Waals surface area contributed by atoms with Gasteiger partial charge in [-0.25, -0.2) is 8.42 Å². The number of sulfonamides is 1. The lowest BCUT2D eigenvalue weighted by Crippen LogP contribution is -2.61. The third kappa shape index (κ3) is 3.16. The van der Waals surface area contributed by atoms with E-state index in [1.165, 1.54) is 0 Å². The standard InChI is InChI=1S/C16H22N2O3S2/c1-12-3-2-4-13(17-12)8-21-14-7-16(22-9-14)10-18(11-16)23(19,20)15-5-6-15/h2-4,14-15H,5-11H2,1H3. The zero-order valence-corrected chi connectivity index (χ0v) is 14.9. The van der Waals surface area contributed by atoms with Crippen molar-refractivity contribution in [2.75, 3.05) is 18.8 Å². The van der Waals surface area contributed by atoms with Crippen LogP contribution in [0.1, 0.15) is 30.7 Å². The smallest absolute Gasteiger partial charge is 0.217 e. The summed E-state index contributed by atoms with van der Waals surface area (Å²) < 4.78 is 32.2. The van der Waals surface area contributed by atoms with E-state index >= 15 is 0 Å². The molecule has 0 radical (unpaired) electrons. The summed E-state index contributed by atoms with van der Waals surface area (Å²) in [6.45, 7) is 3.85. The van der Waals surface area contributed by atoms with Crippen molar-refractivity contribution in [1.82, 2.24) is 9.29 Å². The van der Waals surface area contributed by atoms with Crippen molar-refractivity contribution in [1.29, 1.82) is 0 Å². The summed E-state index contributed by atoms with van der Waals surface area (Å²) in [6.07, 6.45) is 2.83. The van der Waals surface area contributed by atoms with Crippen LogP contribution in [0.4, 0.5) is 0 Å². The van der Waals surface area contributed by atoms with Gasteiger partial charge in [0.1, 0.15) is 0 Å². The minimum atomic E-state index is -3.00. The van der Waals surface area contributed by atoms with Crippen molar-refractivity contribution in [2.45, 2.75) is 48.9 Å². The molecule has 5 nitrogen and oxygen atoms in total. The number of thioether (sulfide) groups is 1. The molecule has 7 heteroatoms. The average Bonchev–Trinajstić information content (AvgIpc) is 3.24. The molecule has 126 valence electrons. The first kappa shape index (κ1) is 15.9.